The Morgan fingerprint density at radius 3 is 1.94 bits per heavy atom. The number of phenols is 1. The molecule has 0 saturated carbocycles. The lowest BCUT2D eigenvalue weighted by atomic mass is 10.0. The van der Waals surface area contributed by atoms with Crippen molar-refractivity contribution < 1.29 is 14.4 Å². The predicted molar refractivity (Wildman–Crippen MR) is 123 cm³/mol. The Morgan fingerprint density at radius 2 is 1.45 bits per heavy atom. The molecule has 0 amide bonds. The van der Waals surface area contributed by atoms with Crippen LogP contribution in [0.25, 0.3) is 0 Å². The largest absolute Gasteiger partial charge is 0.593 e. The highest BCUT2D eigenvalue weighted by molar-refractivity contribution is 7.89. The summed E-state index contributed by atoms with van der Waals surface area (Å²) in [6.07, 6.45) is 4.90. The predicted octanol–water partition coefficient (Wildman–Crippen LogP) is 3.40. The first-order chi connectivity index (χ1) is 15.1. The molecule has 168 valence electrons. The van der Waals surface area contributed by atoms with Gasteiger partial charge in [-0.3, -0.25) is 9.80 Å². The van der Waals surface area contributed by atoms with Crippen molar-refractivity contribution in [3.63, 3.8) is 0 Å². The highest BCUT2D eigenvalue weighted by atomic mass is 32.2. The molecule has 31 heavy (non-hydrogen) atoms. The highest BCUT2D eigenvalue weighted by Gasteiger charge is 2.20. The molecule has 0 radical (unpaired) electrons. The van der Waals surface area contributed by atoms with Crippen LogP contribution in [0.5, 0.6) is 11.5 Å². The number of hydrogen-bond donors (Lipinski definition) is 2. The molecule has 6 nitrogen and oxygen atoms in total. The van der Waals surface area contributed by atoms with Gasteiger partial charge >= 0.3 is 0 Å². The molecule has 0 aliphatic carbocycles. The van der Waals surface area contributed by atoms with Gasteiger partial charge in [0.15, 0.2) is 4.90 Å². The second-order valence-electron chi connectivity index (χ2n) is 8.49. The van der Waals surface area contributed by atoms with Crippen LogP contribution in [-0.2, 0) is 31.0 Å². The number of nitrogens with one attached hydrogen (secondary N) is 1. The van der Waals surface area contributed by atoms with E-state index in [1.165, 1.54) is 25.7 Å². The highest BCUT2D eigenvalue weighted by Crippen LogP contribution is 2.29. The minimum absolute atomic E-state index is 0.429. The molecule has 2 aliphatic heterocycles. The molecular formula is C24H33N3O3S. The van der Waals surface area contributed by atoms with Gasteiger partial charge in [-0.25, -0.2) is 0 Å². The van der Waals surface area contributed by atoms with Crippen LogP contribution in [0.15, 0.2) is 41.3 Å². The topological polar surface area (TPSA) is 71.0 Å². The molecule has 1 atom stereocenters. The molecule has 2 fully saturated rings. The number of hydrogen-bond acceptors (Lipinski definition) is 6. The number of likely N-dealkylation sites (tertiary alicyclic amines) is 2. The maximum absolute atomic E-state index is 12.7. The number of aromatic hydroxyl groups is 1. The van der Waals surface area contributed by atoms with E-state index in [-0.39, 0.29) is 0 Å². The summed E-state index contributed by atoms with van der Waals surface area (Å²) in [5.74, 6) is 1.18. The summed E-state index contributed by atoms with van der Waals surface area (Å²) in [5.41, 5.74) is 3.01. The first-order valence-corrected chi connectivity index (χ1v) is 12.3. The quantitative estimate of drug-likeness (QED) is 0.579. The number of methoxy groups -OCH3 is 1. The molecule has 2 heterocycles. The van der Waals surface area contributed by atoms with Crippen LogP contribution in [0.2, 0.25) is 0 Å². The van der Waals surface area contributed by atoms with E-state index in [9.17, 15) is 9.66 Å². The number of benzene rings is 2. The SMILES string of the molecule is COc1ccc([S+]([O-])NCc2cc(CN3CCCC3)c(O)c(CN3CCCC3)c2)cc1. The second-order valence-corrected chi connectivity index (χ2v) is 9.79. The standard InChI is InChI=1S/C24H33N3O3S/c1-30-22-6-8-23(9-7-22)31(29)25-16-19-14-20(17-26-10-2-3-11-26)24(28)21(15-19)18-27-12-4-5-13-27/h6-9,14-15,25,28H,2-5,10-13,16-18H2,1H3. The average molecular weight is 444 g/mol. The fourth-order valence-corrected chi connectivity index (χ4v) is 5.32. The summed E-state index contributed by atoms with van der Waals surface area (Å²) in [4.78, 5) is 5.53. The maximum atomic E-state index is 12.7. The number of rotatable bonds is 9. The van der Waals surface area contributed by atoms with Gasteiger partial charge < -0.3 is 14.4 Å². The molecule has 2 saturated heterocycles. The fourth-order valence-electron chi connectivity index (χ4n) is 4.47. The van der Waals surface area contributed by atoms with Crippen LogP contribution in [0.1, 0.15) is 42.4 Å². The molecule has 2 N–H and O–H groups in total. The van der Waals surface area contributed by atoms with Crippen molar-refractivity contribution in [2.24, 2.45) is 0 Å². The summed E-state index contributed by atoms with van der Waals surface area (Å²) < 4.78 is 21.0. The lowest BCUT2D eigenvalue weighted by Gasteiger charge is -2.21. The van der Waals surface area contributed by atoms with Crippen molar-refractivity contribution in [3.05, 3.63) is 53.1 Å². The van der Waals surface area contributed by atoms with Gasteiger partial charge in [0.2, 0.25) is 0 Å². The zero-order valence-electron chi connectivity index (χ0n) is 18.3. The molecule has 4 rings (SSSR count). The van der Waals surface area contributed by atoms with E-state index < -0.39 is 11.4 Å². The Kier molecular flexibility index (Phi) is 7.74. The van der Waals surface area contributed by atoms with Crippen molar-refractivity contribution in [1.29, 1.82) is 0 Å². The maximum Gasteiger partial charge on any atom is 0.174 e. The minimum atomic E-state index is -1.31. The van der Waals surface area contributed by atoms with E-state index in [0.29, 0.717) is 17.2 Å². The molecule has 2 aromatic rings. The van der Waals surface area contributed by atoms with Crippen LogP contribution in [0, 0.1) is 0 Å². The summed E-state index contributed by atoms with van der Waals surface area (Å²) in [7, 11) is 1.62. The van der Waals surface area contributed by atoms with E-state index >= 15 is 0 Å². The summed E-state index contributed by atoms with van der Waals surface area (Å²) in [6, 6.07) is 11.4. The minimum Gasteiger partial charge on any atom is -0.593 e. The van der Waals surface area contributed by atoms with E-state index in [0.717, 1.165) is 61.7 Å². The molecule has 2 aromatic carbocycles. The van der Waals surface area contributed by atoms with Crippen molar-refractivity contribution in [2.45, 2.75) is 50.2 Å². The Morgan fingerprint density at radius 1 is 0.935 bits per heavy atom. The third-order valence-corrected chi connectivity index (χ3v) is 7.30. The van der Waals surface area contributed by atoms with E-state index in [4.69, 9.17) is 4.74 Å². The first-order valence-electron chi connectivity index (χ1n) is 11.2. The van der Waals surface area contributed by atoms with Gasteiger partial charge in [-0.1, -0.05) is 0 Å². The molecule has 2 aliphatic rings. The lowest BCUT2D eigenvalue weighted by Crippen LogP contribution is -2.24. The molecular weight excluding hydrogens is 410 g/mol. The van der Waals surface area contributed by atoms with Gasteiger partial charge in [-0.15, -0.1) is 4.72 Å². The molecule has 1 unspecified atom stereocenters. The van der Waals surface area contributed by atoms with Gasteiger partial charge in [0.1, 0.15) is 11.5 Å². The molecule has 0 spiro atoms. The number of ether oxygens (including phenoxy) is 1. The van der Waals surface area contributed by atoms with Gasteiger partial charge in [0.05, 0.1) is 25.0 Å². The van der Waals surface area contributed by atoms with Gasteiger partial charge in [0.25, 0.3) is 0 Å². The van der Waals surface area contributed by atoms with Crippen LogP contribution in [-0.4, -0.2) is 52.7 Å². The van der Waals surface area contributed by atoms with Crippen LogP contribution >= 0.6 is 0 Å². The number of phenolic OH excluding ortho intramolecular Hbond substituents is 1. The average Bonchev–Trinajstić information content (AvgIpc) is 3.49. The van der Waals surface area contributed by atoms with E-state index in [2.05, 4.69) is 26.7 Å². The fraction of sp³-hybridized carbons (Fsp3) is 0.500. The van der Waals surface area contributed by atoms with Crippen molar-refractivity contribution in [3.8, 4) is 11.5 Å². The third kappa shape index (κ3) is 5.93. The number of nitrogens with zero attached hydrogens (tertiary/aromatic N) is 2. The second kappa shape index (κ2) is 10.7. The Labute approximate surface area is 188 Å². The first kappa shape index (κ1) is 22.4. The van der Waals surface area contributed by atoms with Crippen LogP contribution in [0.3, 0.4) is 0 Å². The lowest BCUT2D eigenvalue weighted by molar-refractivity contribution is 0.312. The zero-order valence-corrected chi connectivity index (χ0v) is 19.1. The van der Waals surface area contributed by atoms with Gasteiger partial charge in [0, 0.05) is 24.2 Å². The Balaban J connectivity index is 1.48. The summed E-state index contributed by atoms with van der Waals surface area (Å²) in [5, 5.41) is 11.0. The summed E-state index contributed by atoms with van der Waals surface area (Å²) in [6.45, 7) is 6.38. The monoisotopic (exact) mass is 443 g/mol. The van der Waals surface area contributed by atoms with Gasteiger partial charge in [-0.2, -0.15) is 0 Å². The van der Waals surface area contributed by atoms with Crippen molar-refractivity contribution in [1.82, 2.24) is 14.5 Å². The van der Waals surface area contributed by atoms with Crippen LogP contribution in [0.4, 0.5) is 0 Å². The normalized spacial score (nSPS) is 18.5. The third-order valence-electron chi connectivity index (χ3n) is 6.19. The van der Waals surface area contributed by atoms with Gasteiger partial charge in [-0.05, 0) is 93.8 Å². The molecule has 0 aromatic heterocycles. The smallest absolute Gasteiger partial charge is 0.174 e. The Bertz CT molecular complexity index is 811. The molecule has 7 heteroatoms. The van der Waals surface area contributed by atoms with Crippen molar-refractivity contribution >= 4 is 11.4 Å². The van der Waals surface area contributed by atoms with Crippen molar-refractivity contribution in [2.75, 3.05) is 33.3 Å². The Hall–Kier alpha value is -1.77. The zero-order chi connectivity index (χ0) is 21.6. The van der Waals surface area contributed by atoms with E-state index in [1.807, 2.05) is 24.3 Å². The van der Waals surface area contributed by atoms with E-state index in [1.54, 1.807) is 7.11 Å². The molecule has 0 bridgehead atoms. The summed E-state index contributed by atoms with van der Waals surface area (Å²) >= 11 is -1.31. The van der Waals surface area contributed by atoms with Crippen LogP contribution < -0.4 is 9.46 Å².